The van der Waals surface area contributed by atoms with Crippen molar-refractivity contribution in [3.8, 4) is 11.5 Å². The van der Waals surface area contributed by atoms with Crippen LogP contribution in [0.2, 0.25) is 0 Å². The molecule has 2 rings (SSSR count). The van der Waals surface area contributed by atoms with Gasteiger partial charge < -0.3 is 14.6 Å². The summed E-state index contributed by atoms with van der Waals surface area (Å²) in [5.74, 6) is 0.0338. The van der Waals surface area contributed by atoms with Crippen LogP contribution in [0.5, 0.6) is 11.5 Å². The Bertz CT molecular complexity index is 668. The van der Waals surface area contributed by atoms with Gasteiger partial charge in [-0.25, -0.2) is 0 Å². The van der Waals surface area contributed by atoms with Gasteiger partial charge in [-0.05, 0) is 55.4 Å². The van der Waals surface area contributed by atoms with Crippen molar-refractivity contribution < 1.29 is 24.2 Å². The minimum absolute atomic E-state index is 0.0113. The van der Waals surface area contributed by atoms with Crippen LogP contribution in [0.25, 0.3) is 0 Å². The number of hydrogen-bond acceptors (Lipinski definition) is 5. The molecule has 0 aromatic heterocycles. The monoisotopic (exact) mass is 374 g/mol. The molecule has 0 fully saturated rings. The number of aliphatic hydroxyl groups is 1. The first-order valence-corrected chi connectivity index (χ1v) is 9.78. The van der Waals surface area contributed by atoms with E-state index < -0.39 is 11.9 Å². The van der Waals surface area contributed by atoms with Crippen LogP contribution in [0.3, 0.4) is 0 Å². The summed E-state index contributed by atoms with van der Waals surface area (Å²) < 4.78 is 11.0. The van der Waals surface area contributed by atoms with Crippen molar-refractivity contribution in [1.82, 2.24) is 0 Å². The Balaban J connectivity index is 2.51. The number of carbonyl (C=O) groups is 2. The summed E-state index contributed by atoms with van der Waals surface area (Å²) in [7, 11) is 0. The van der Waals surface area contributed by atoms with Crippen molar-refractivity contribution in [2.45, 2.75) is 71.6 Å². The maximum absolute atomic E-state index is 11.7. The zero-order valence-corrected chi connectivity index (χ0v) is 16.5. The summed E-state index contributed by atoms with van der Waals surface area (Å²) in [4.78, 5) is 23.4. The summed E-state index contributed by atoms with van der Waals surface area (Å²) in [6, 6.07) is 3.78. The van der Waals surface area contributed by atoms with E-state index in [4.69, 9.17) is 9.47 Å². The van der Waals surface area contributed by atoms with Gasteiger partial charge in [0.25, 0.3) is 0 Å². The molecule has 0 bridgehead atoms. The normalized spacial score (nSPS) is 16.6. The first kappa shape index (κ1) is 21.2. The second-order valence-corrected chi connectivity index (χ2v) is 7.13. The van der Waals surface area contributed by atoms with Crippen LogP contribution >= 0.6 is 0 Å². The molecule has 0 heterocycles. The molecule has 0 saturated carbocycles. The van der Waals surface area contributed by atoms with E-state index in [1.807, 2.05) is 18.2 Å². The molecule has 1 unspecified atom stereocenters. The maximum atomic E-state index is 11.7. The van der Waals surface area contributed by atoms with Crippen molar-refractivity contribution in [1.29, 1.82) is 0 Å². The quantitative estimate of drug-likeness (QED) is 0.315. The van der Waals surface area contributed by atoms with Gasteiger partial charge >= 0.3 is 11.9 Å². The summed E-state index contributed by atoms with van der Waals surface area (Å²) >= 11 is 0. The van der Waals surface area contributed by atoms with Crippen LogP contribution in [0.4, 0.5) is 0 Å². The van der Waals surface area contributed by atoms with Crippen LogP contribution in [0.15, 0.2) is 23.8 Å². The summed E-state index contributed by atoms with van der Waals surface area (Å²) in [5.41, 5.74) is 2.66. The standard InChI is InChI=1S/C22H30O5/c1-4-5-6-8-17-12-20(26-15(2)24)22(21(13-17)27-16(3)25)19-10-7-9-18(11-19)14-23/h11-13,19,23H,4-10,14H2,1-3H3. The van der Waals surface area contributed by atoms with E-state index in [-0.39, 0.29) is 12.5 Å². The second kappa shape index (κ2) is 10.3. The first-order valence-electron chi connectivity index (χ1n) is 9.78. The highest BCUT2D eigenvalue weighted by molar-refractivity contribution is 5.73. The molecule has 5 nitrogen and oxygen atoms in total. The Hall–Kier alpha value is -2.14. The SMILES string of the molecule is CCCCCc1cc(OC(C)=O)c(C2C=C(CO)CCC2)c(OC(C)=O)c1. The minimum Gasteiger partial charge on any atom is -0.426 e. The van der Waals surface area contributed by atoms with Gasteiger partial charge in [0, 0.05) is 25.3 Å². The lowest BCUT2D eigenvalue weighted by Crippen LogP contribution is -2.13. The fourth-order valence-corrected chi connectivity index (χ4v) is 3.58. The Morgan fingerprint density at radius 2 is 1.74 bits per heavy atom. The fraction of sp³-hybridized carbons (Fsp3) is 0.545. The molecule has 1 aromatic carbocycles. The predicted octanol–water partition coefficient (Wildman–Crippen LogP) is 4.46. The van der Waals surface area contributed by atoms with E-state index in [0.717, 1.165) is 56.1 Å². The molecule has 1 aliphatic rings. The number of hydrogen-bond donors (Lipinski definition) is 1. The number of rotatable bonds is 8. The molecule has 1 aliphatic carbocycles. The van der Waals surface area contributed by atoms with E-state index in [1.165, 1.54) is 13.8 Å². The molecular formula is C22H30O5. The third kappa shape index (κ3) is 6.21. The minimum atomic E-state index is -0.405. The van der Waals surface area contributed by atoms with Crippen molar-refractivity contribution in [3.05, 3.63) is 34.9 Å². The zero-order valence-electron chi connectivity index (χ0n) is 16.5. The number of benzene rings is 1. The fourth-order valence-electron chi connectivity index (χ4n) is 3.58. The lowest BCUT2D eigenvalue weighted by molar-refractivity contribution is -0.132. The third-order valence-corrected chi connectivity index (χ3v) is 4.76. The van der Waals surface area contributed by atoms with E-state index in [1.54, 1.807) is 0 Å². The second-order valence-electron chi connectivity index (χ2n) is 7.13. The molecule has 1 N–H and O–H groups in total. The average molecular weight is 374 g/mol. The van der Waals surface area contributed by atoms with Crippen molar-refractivity contribution >= 4 is 11.9 Å². The van der Waals surface area contributed by atoms with Gasteiger partial charge in [0.2, 0.25) is 0 Å². The number of carbonyl (C=O) groups excluding carboxylic acids is 2. The molecule has 0 amide bonds. The summed E-state index contributed by atoms with van der Waals surface area (Å²) in [6.45, 7) is 4.90. The van der Waals surface area contributed by atoms with Crippen LogP contribution < -0.4 is 9.47 Å². The van der Waals surface area contributed by atoms with E-state index in [9.17, 15) is 14.7 Å². The largest absolute Gasteiger partial charge is 0.426 e. The van der Waals surface area contributed by atoms with Crippen molar-refractivity contribution in [2.24, 2.45) is 0 Å². The zero-order chi connectivity index (χ0) is 19.8. The van der Waals surface area contributed by atoms with Gasteiger partial charge in [-0.3, -0.25) is 9.59 Å². The lowest BCUT2D eigenvalue weighted by atomic mass is 9.84. The van der Waals surface area contributed by atoms with Crippen LogP contribution in [0, 0.1) is 0 Å². The van der Waals surface area contributed by atoms with Gasteiger partial charge in [0.05, 0.1) is 6.61 Å². The van der Waals surface area contributed by atoms with Gasteiger partial charge in [-0.2, -0.15) is 0 Å². The Morgan fingerprint density at radius 3 is 2.26 bits per heavy atom. The molecule has 5 heteroatoms. The molecule has 0 spiro atoms. The highest BCUT2D eigenvalue weighted by Gasteiger charge is 2.25. The van der Waals surface area contributed by atoms with E-state index in [2.05, 4.69) is 6.92 Å². The topological polar surface area (TPSA) is 72.8 Å². The van der Waals surface area contributed by atoms with E-state index in [0.29, 0.717) is 17.1 Å². The molecule has 148 valence electrons. The highest BCUT2D eigenvalue weighted by atomic mass is 16.5. The molecule has 1 atom stereocenters. The average Bonchev–Trinajstić information content (AvgIpc) is 2.61. The lowest BCUT2D eigenvalue weighted by Gasteiger charge is -2.25. The Labute approximate surface area is 161 Å². The van der Waals surface area contributed by atoms with Gasteiger partial charge in [0.1, 0.15) is 11.5 Å². The smallest absolute Gasteiger partial charge is 0.308 e. The number of aliphatic hydroxyl groups excluding tert-OH is 1. The predicted molar refractivity (Wildman–Crippen MR) is 104 cm³/mol. The van der Waals surface area contributed by atoms with E-state index >= 15 is 0 Å². The Kier molecular flexibility index (Phi) is 8.04. The highest BCUT2D eigenvalue weighted by Crippen LogP contribution is 2.43. The Morgan fingerprint density at radius 1 is 1.11 bits per heavy atom. The molecule has 0 radical (unpaired) electrons. The number of unbranched alkanes of at least 4 members (excludes halogenated alkanes) is 2. The first-order chi connectivity index (χ1) is 12.9. The van der Waals surface area contributed by atoms with Crippen molar-refractivity contribution in [2.75, 3.05) is 6.61 Å². The molecular weight excluding hydrogens is 344 g/mol. The number of esters is 2. The molecule has 0 saturated heterocycles. The molecule has 27 heavy (non-hydrogen) atoms. The van der Waals surface area contributed by atoms with Crippen LogP contribution in [-0.4, -0.2) is 23.7 Å². The number of aryl methyl sites for hydroxylation is 1. The number of ether oxygens (including phenoxy) is 2. The summed E-state index contributed by atoms with van der Waals surface area (Å²) in [5, 5.41) is 9.51. The number of allylic oxidation sites excluding steroid dienone is 1. The van der Waals surface area contributed by atoms with Gasteiger partial charge in [0.15, 0.2) is 0 Å². The van der Waals surface area contributed by atoms with Gasteiger partial charge in [-0.15, -0.1) is 0 Å². The van der Waals surface area contributed by atoms with Gasteiger partial charge in [-0.1, -0.05) is 25.8 Å². The molecule has 0 aliphatic heterocycles. The van der Waals surface area contributed by atoms with Crippen LogP contribution in [-0.2, 0) is 16.0 Å². The maximum Gasteiger partial charge on any atom is 0.308 e. The van der Waals surface area contributed by atoms with Crippen LogP contribution in [0.1, 0.15) is 76.3 Å². The van der Waals surface area contributed by atoms with Crippen molar-refractivity contribution in [3.63, 3.8) is 0 Å². The molecule has 1 aromatic rings. The third-order valence-electron chi connectivity index (χ3n) is 4.76. The summed E-state index contributed by atoms with van der Waals surface area (Å²) in [6.07, 6.45) is 8.71.